The van der Waals surface area contributed by atoms with Crippen LogP contribution in [-0.2, 0) is 6.42 Å². The molecule has 0 bridgehead atoms. The molecule has 0 aliphatic heterocycles. The van der Waals surface area contributed by atoms with Crippen LogP contribution >= 0.6 is 0 Å². The minimum absolute atomic E-state index is 0.0126. The Morgan fingerprint density at radius 2 is 1.74 bits per heavy atom. The smallest absolute Gasteiger partial charge is 0.129 e. The Balaban J connectivity index is 1.82. The molecular weight excluding hydrogens is 246 g/mol. The SMILES string of the molecule is OC(CCC1CCCCC1)Cc1c(F)cccc1F. The van der Waals surface area contributed by atoms with Crippen molar-refractivity contribution in [3.05, 3.63) is 35.4 Å². The van der Waals surface area contributed by atoms with Gasteiger partial charge in [-0.1, -0.05) is 38.2 Å². The molecule has 1 saturated carbocycles. The van der Waals surface area contributed by atoms with E-state index in [1.165, 1.54) is 50.3 Å². The van der Waals surface area contributed by atoms with E-state index in [-0.39, 0.29) is 12.0 Å². The summed E-state index contributed by atoms with van der Waals surface area (Å²) in [6, 6.07) is 3.83. The summed E-state index contributed by atoms with van der Waals surface area (Å²) in [5.74, 6) is -0.428. The average Bonchev–Trinajstić information content (AvgIpc) is 2.42. The second-order valence-corrected chi connectivity index (χ2v) is 5.64. The van der Waals surface area contributed by atoms with Gasteiger partial charge in [-0.25, -0.2) is 8.78 Å². The van der Waals surface area contributed by atoms with Crippen molar-refractivity contribution in [3.63, 3.8) is 0 Å². The summed E-state index contributed by atoms with van der Waals surface area (Å²) < 4.78 is 26.9. The highest BCUT2D eigenvalue weighted by Crippen LogP contribution is 2.28. The van der Waals surface area contributed by atoms with E-state index in [0.29, 0.717) is 12.3 Å². The van der Waals surface area contributed by atoms with Crippen molar-refractivity contribution in [2.24, 2.45) is 5.92 Å². The average molecular weight is 268 g/mol. The molecule has 0 amide bonds. The number of hydrogen-bond donors (Lipinski definition) is 1. The van der Waals surface area contributed by atoms with E-state index < -0.39 is 17.7 Å². The molecule has 0 aromatic heterocycles. The van der Waals surface area contributed by atoms with Gasteiger partial charge in [-0.15, -0.1) is 0 Å². The first-order valence-corrected chi connectivity index (χ1v) is 7.27. The molecule has 1 aliphatic rings. The third-order valence-corrected chi connectivity index (χ3v) is 4.13. The highest BCUT2D eigenvalue weighted by atomic mass is 19.1. The maximum absolute atomic E-state index is 13.5. The normalized spacial score (nSPS) is 18.5. The summed E-state index contributed by atoms with van der Waals surface area (Å²) in [5, 5.41) is 9.95. The van der Waals surface area contributed by atoms with Crippen LogP contribution in [0.15, 0.2) is 18.2 Å². The summed E-state index contributed by atoms with van der Waals surface area (Å²) in [5.41, 5.74) is 0.0126. The van der Waals surface area contributed by atoms with Gasteiger partial charge >= 0.3 is 0 Å². The summed E-state index contributed by atoms with van der Waals surface area (Å²) >= 11 is 0. The Morgan fingerprint density at radius 3 is 2.37 bits per heavy atom. The van der Waals surface area contributed by atoms with Crippen molar-refractivity contribution in [1.82, 2.24) is 0 Å². The molecule has 1 aromatic rings. The maximum Gasteiger partial charge on any atom is 0.129 e. The van der Waals surface area contributed by atoms with Crippen molar-refractivity contribution in [1.29, 1.82) is 0 Å². The van der Waals surface area contributed by atoms with Gasteiger partial charge in [-0.2, -0.15) is 0 Å². The summed E-state index contributed by atoms with van der Waals surface area (Å²) in [4.78, 5) is 0. The molecule has 1 fully saturated rings. The molecule has 1 unspecified atom stereocenters. The molecule has 0 radical (unpaired) electrons. The monoisotopic (exact) mass is 268 g/mol. The lowest BCUT2D eigenvalue weighted by Crippen LogP contribution is -2.16. The van der Waals surface area contributed by atoms with E-state index in [1.807, 2.05) is 0 Å². The first-order chi connectivity index (χ1) is 9.16. The molecule has 1 atom stereocenters. The van der Waals surface area contributed by atoms with Crippen LogP contribution in [0.1, 0.15) is 50.5 Å². The van der Waals surface area contributed by atoms with Gasteiger partial charge in [-0.05, 0) is 30.9 Å². The lowest BCUT2D eigenvalue weighted by molar-refractivity contribution is 0.147. The maximum atomic E-state index is 13.5. The summed E-state index contributed by atoms with van der Waals surface area (Å²) in [6.45, 7) is 0. The molecule has 106 valence electrons. The van der Waals surface area contributed by atoms with Crippen LogP contribution in [0.3, 0.4) is 0 Å². The zero-order valence-electron chi connectivity index (χ0n) is 11.2. The molecule has 1 aliphatic carbocycles. The second-order valence-electron chi connectivity index (χ2n) is 5.64. The van der Waals surface area contributed by atoms with Crippen molar-refractivity contribution < 1.29 is 13.9 Å². The van der Waals surface area contributed by atoms with Gasteiger partial charge in [0.2, 0.25) is 0 Å². The van der Waals surface area contributed by atoms with Crippen molar-refractivity contribution >= 4 is 0 Å². The lowest BCUT2D eigenvalue weighted by Gasteiger charge is -2.22. The molecule has 1 nitrogen and oxygen atoms in total. The Labute approximate surface area is 113 Å². The number of benzene rings is 1. The molecule has 3 heteroatoms. The van der Waals surface area contributed by atoms with Crippen LogP contribution in [0.2, 0.25) is 0 Å². The van der Waals surface area contributed by atoms with Crippen LogP contribution in [0.5, 0.6) is 0 Å². The third kappa shape index (κ3) is 4.27. The molecule has 1 N–H and O–H groups in total. The fourth-order valence-corrected chi connectivity index (χ4v) is 2.97. The quantitative estimate of drug-likeness (QED) is 0.847. The van der Waals surface area contributed by atoms with E-state index in [0.717, 1.165) is 6.42 Å². The number of rotatable bonds is 5. The fraction of sp³-hybridized carbons (Fsp3) is 0.625. The zero-order valence-corrected chi connectivity index (χ0v) is 11.2. The largest absolute Gasteiger partial charge is 0.393 e. The van der Waals surface area contributed by atoms with Crippen LogP contribution in [0, 0.1) is 17.6 Å². The van der Waals surface area contributed by atoms with Gasteiger partial charge < -0.3 is 5.11 Å². The topological polar surface area (TPSA) is 20.2 Å². The molecule has 1 aromatic carbocycles. The molecule has 0 saturated heterocycles. The summed E-state index contributed by atoms with van der Waals surface area (Å²) in [6.07, 6.45) is 7.39. The highest BCUT2D eigenvalue weighted by molar-refractivity contribution is 5.20. The zero-order chi connectivity index (χ0) is 13.7. The Kier molecular flexibility index (Phi) is 5.32. The van der Waals surface area contributed by atoms with Gasteiger partial charge in [0, 0.05) is 12.0 Å². The predicted molar refractivity (Wildman–Crippen MR) is 71.9 cm³/mol. The van der Waals surface area contributed by atoms with Gasteiger partial charge in [-0.3, -0.25) is 0 Å². The van der Waals surface area contributed by atoms with Crippen molar-refractivity contribution in [2.45, 2.75) is 57.5 Å². The molecular formula is C16H22F2O. The predicted octanol–water partition coefficient (Wildman–Crippen LogP) is 4.23. The van der Waals surface area contributed by atoms with Crippen LogP contribution < -0.4 is 0 Å². The minimum Gasteiger partial charge on any atom is -0.393 e. The number of halogens is 2. The van der Waals surface area contributed by atoms with Crippen LogP contribution in [0.25, 0.3) is 0 Å². The van der Waals surface area contributed by atoms with Gasteiger partial charge in [0.15, 0.2) is 0 Å². The Hall–Kier alpha value is -0.960. The Morgan fingerprint density at radius 1 is 1.11 bits per heavy atom. The standard InChI is InChI=1S/C16H22F2O/c17-15-7-4-8-16(18)14(15)11-13(19)10-9-12-5-2-1-3-6-12/h4,7-8,12-13,19H,1-3,5-6,9-11H2. The molecule has 0 spiro atoms. The molecule has 2 rings (SSSR count). The highest BCUT2D eigenvalue weighted by Gasteiger charge is 2.17. The minimum atomic E-state index is -0.645. The molecule has 0 heterocycles. The summed E-state index contributed by atoms with van der Waals surface area (Å²) in [7, 11) is 0. The first-order valence-electron chi connectivity index (χ1n) is 7.27. The van der Waals surface area contributed by atoms with Gasteiger partial charge in [0.05, 0.1) is 6.10 Å². The van der Waals surface area contributed by atoms with Gasteiger partial charge in [0.25, 0.3) is 0 Å². The van der Waals surface area contributed by atoms with E-state index in [4.69, 9.17) is 0 Å². The van der Waals surface area contributed by atoms with Crippen LogP contribution in [-0.4, -0.2) is 11.2 Å². The number of aliphatic hydroxyl groups is 1. The molecule has 19 heavy (non-hydrogen) atoms. The van der Waals surface area contributed by atoms with Crippen molar-refractivity contribution in [2.75, 3.05) is 0 Å². The van der Waals surface area contributed by atoms with Crippen LogP contribution in [0.4, 0.5) is 8.78 Å². The van der Waals surface area contributed by atoms with Gasteiger partial charge in [0.1, 0.15) is 11.6 Å². The lowest BCUT2D eigenvalue weighted by atomic mass is 9.85. The number of aliphatic hydroxyl groups excluding tert-OH is 1. The fourth-order valence-electron chi connectivity index (χ4n) is 2.97. The first kappa shape index (κ1) is 14.4. The van der Waals surface area contributed by atoms with E-state index in [9.17, 15) is 13.9 Å². The number of hydrogen-bond acceptors (Lipinski definition) is 1. The third-order valence-electron chi connectivity index (χ3n) is 4.13. The van der Waals surface area contributed by atoms with Crippen molar-refractivity contribution in [3.8, 4) is 0 Å². The van der Waals surface area contributed by atoms with E-state index in [2.05, 4.69) is 0 Å². The second kappa shape index (κ2) is 6.99. The van der Waals surface area contributed by atoms with E-state index >= 15 is 0 Å². The van der Waals surface area contributed by atoms with E-state index in [1.54, 1.807) is 0 Å². The Bertz CT molecular complexity index is 379.